The molecule has 0 bridgehead atoms. The van der Waals surface area contributed by atoms with Crippen LogP contribution in [0.15, 0.2) is 58.1 Å². The van der Waals surface area contributed by atoms with Gasteiger partial charge in [0.05, 0.1) is 11.1 Å². The van der Waals surface area contributed by atoms with Crippen LogP contribution in [0.3, 0.4) is 0 Å². The number of rotatable bonds is 5. The predicted molar refractivity (Wildman–Crippen MR) is 95.5 cm³/mol. The molecule has 2 aromatic rings. The number of hydrogen-bond donors (Lipinski definition) is 3. The average molecular weight is 389 g/mol. The maximum absolute atomic E-state index is 12.5. The molecule has 1 aromatic carbocycles. The van der Waals surface area contributed by atoms with E-state index in [4.69, 9.17) is 11.0 Å². The van der Waals surface area contributed by atoms with Crippen molar-refractivity contribution in [1.29, 1.82) is 5.26 Å². The first-order valence-electron chi connectivity index (χ1n) is 7.77. The maximum Gasteiger partial charge on any atom is 0.416 e. The molecular weight excluding hydrogens is 375 g/mol. The average Bonchev–Trinajstić information content (AvgIpc) is 2.66. The number of carbonyl (C=O) groups excluding carboxylic acids is 1. The standard InChI is InChI=1S/C18H14F3N5O2/c19-18(20,21)14-3-1-11(2-4-14)8-26-17(28)13(7-23)10-25-16-5-15(27)12(6-22)9-24-16/h1-5,7,9-10H,8,23H2,(H,24,27)(H,26,28)/b13-7+,25-10+. The van der Waals surface area contributed by atoms with Crippen LogP contribution < -0.4 is 16.5 Å². The number of H-pyrrole nitrogens is 1. The van der Waals surface area contributed by atoms with Gasteiger partial charge in [0.2, 0.25) is 5.43 Å². The van der Waals surface area contributed by atoms with Gasteiger partial charge in [-0.25, -0.2) is 4.99 Å². The Bertz CT molecular complexity index is 1020. The molecule has 0 radical (unpaired) electrons. The van der Waals surface area contributed by atoms with Crippen molar-refractivity contribution < 1.29 is 18.0 Å². The summed E-state index contributed by atoms with van der Waals surface area (Å²) in [6.45, 7) is -0.0180. The molecule has 1 aromatic heterocycles. The second-order valence-corrected chi connectivity index (χ2v) is 5.47. The van der Waals surface area contributed by atoms with Crippen LogP contribution >= 0.6 is 0 Å². The minimum atomic E-state index is -4.43. The highest BCUT2D eigenvalue weighted by Gasteiger charge is 2.29. The number of carbonyl (C=O) groups is 1. The molecule has 1 amide bonds. The highest BCUT2D eigenvalue weighted by molar-refractivity contribution is 6.12. The lowest BCUT2D eigenvalue weighted by atomic mass is 10.1. The molecule has 28 heavy (non-hydrogen) atoms. The minimum Gasteiger partial charge on any atom is -0.404 e. The molecular formula is C18H14F3N5O2. The van der Waals surface area contributed by atoms with Crippen LogP contribution in [0, 0.1) is 11.3 Å². The normalized spacial score (nSPS) is 12.0. The molecule has 0 aliphatic heterocycles. The van der Waals surface area contributed by atoms with Crippen LogP contribution in [-0.2, 0) is 17.5 Å². The smallest absolute Gasteiger partial charge is 0.404 e. The molecule has 0 atom stereocenters. The lowest BCUT2D eigenvalue weighted by Gasteiger charge is -2.08. The lowest BCUT2D eigenvalue weighted by Crippen LogP contribution is -2.25. The van der Waals surface area contributed by atoms with Crippen LogP contribution in [0.2, 0.25) is 0 Å². The van der Waals surface area contributed by atoms with Gasteiger partial charge in [0.15, 0.2) is 0 Å². The summed E-state index contributed by atoms with van der Waals surface area (Å²) in [5.41, 5.74) is 4.44. The van der Waals surface area contributed by atoms with Crippen molar-refractivity contribution in [2.75, 3.05) is 0 Å². The predicted octanol–water partition coefficient (Wildman–Crippen LogP) is 2.13. The van der Waals surface area contributed by atoms with Crippen molar-refractivity contribution in [3.63, 3.8) is 0 Å². The van der Waals surface area contributed by atoms with Crippen LogP contribution in [0.1, 0.15) is 16.7 Å². The van der Waals surface area contributed by atoms with E-state index in [-0.39, 0.29) is 23.5 Å². The SMILES string of the molecule is N#Cc1c[nH]c(/N=C/C(=C\N)C(=O)NCc2ccc(C(F)(F)F)cc2)cc1=O. The van der Waals surface area contributed by atoms with E-state index in [1.807, 2.05) is 0 Å². The van der Waals surface area contributed by atoms with Gasteiger partial charge in [-0.2, -0.15) is 18.4 Å². The molecule has 144 valence electrons. The monoisotopic (exact) mass is 389 g/mol. The van der Waals surface area contributed by atoms with Crippen molar-refractivity contribution >= 4 is 17.9 Å². The van der Waals surface area contributed by atoms with Gasteiger partial charge in [0.25, 0.3) is 5.91 Å². The second-order valence-electron chi connectivity index (χ2n) is 5.47. The van der Waals surface area contributed by atoms with Crippen LogP contribution in [-0.4, -0.2) is 17.1 Å². The van der Waals surface area contributed by atoms with Gasteiger partial charge in [0.1, 0.15) is 17.5 Å². The number of aliphatic imine (C=N–C) groups is 1. The molecule has 0 aliphatic carbocycles. The summed E-state index contributed by atoms with van der Waals surface area (Å²) in [5, 5.41) is 11.2. The van der Waals surface area contributed by atoms with E-state index in [0.717, 1.165) is 30.6 Å². The zero-order valence-corrected chi connectivity index (χ0v) is 14.2. The topological polar surface area (TPSA) is 124 Å². The van der Waals surface area contributed by atoms with E-state index in [1.54, 1.807) is 6.07 Å². The van der Waals surface area contributed by atoms with Gasteiger partial charge in [-0.15, -0.1) is 0 Å². The Morgan fingerprint density at radius 3 is 2.54 bits per heavy atom. The second kappa shape index (κ2) is 8.68. The number of alkyl halides is 3. The number of hydrogen-bond acceptors (Lipinski definition) is 5. The molecule has 4 N–H and O–H groups in total. The molecule has 1 heterocycles. The number of amides is 1. The summed E-state index contributed by atoms with van der Waals surface area (Å²) in [5.74, 6) is -0.499. The molecule has 7 nitrogen and oxygen atoms in total. The van der Waals surface area contributed by atoms with Crippen molar-refractivity contribution in [2.45, 2.75) is 12.7 Å². The fourth-order valence-electron chi connectivity index (χ4n) is 2.04. The largest absolute Gasteiger partial charge is 0.416 e. The van der Waals surface area contributed by atoms with E-state index >= 15 is 0 Å². The molecule has 0 saturated carbocycles. The van der Waals surface area contributed by atoms with Gasteiger partial charge < -0.3 is 16.0 Å². The molecule has 0 aliphatic rings. The first-order valence-corrected chi connectivity index (χ1v) is 7.77. The number of nitrogens with one attached hydrogen (secondary N) is 2. The minimum absolute atomic E-state index is 0.0180. The van der Waals surface area contributed by atoms with Crippen molar-refractivity contribution in [3.8, 4) is 6.07 Å². The van der Waals surface area contributed by atoms with Gasteiger partial charge in [-0.1, -0.05) is 12.1 Å². The Labute approximate surface area is 157 Å². The van der Waals surface area contributed by atoms with Crippen molar-refractivity contribution in [3.05, 3.63) is 75.2 Å². The molecule has 2 rings (SSSR count). The Morgan fingerprint density at radius 1 is 1.32 bits per heavy atom. The molecule has 10 heteroatoms. The summed E-state index contributed by atoms with van der Waals surface area (Å²) in [6.07, 6.45) is -1.14. The Hall–Kier alpha value is -3.87. The van der Waals surface area contributed by atoms with Gasteiger partial charge in [0, 0.05) is 31.2 Å². The van der Waals surface area contributed by atoms with Gasteiger partial charge >= 0.3 is 6.18 Å². The molecule has 0 saturated heterocycles. The summed E-state index contributed by atoms with van der Waals surface area (Å²) in [6, 6.07) is 7.14. The zero-order valence-electron chi connectivity index (χ0n) is 14.2. The third-order valence-corrected chi connectivity index (χ3v) is 3.54. The number of halogens is 3. The molecule has 0 fully saturated rings. The molecule has 0 unspecified atom stereocenters. The summed E-state index contributed by atoms with van der Waals surface area (Å²) >= 11 is 0. The highest BCUT2D eigenvalue weighted by Crippen LogP contribution is 2.29. The third kappa shape index (κ3) is 5.31. The number of aromatic amines is 1. The van der Waals surface area contributed by atoms with Gasteiger partial charge in [-0.05, 0) is 17.7 Å². The maximum atomic E-state index is 12.5. The van der Waals surface area contributed by atoms with E-state index in [2.05, 4.69) is 15.3 Å². The lowest BCUT2D eigenvalue weighted by molar-refractivity contribution is -0.137. The Balaban J connectivity index is 2.01. The van der Waals surface area contributed by atoms with Crippen LogP contribution in [0.25, 0.3) is 0 Å². The number of nitriles is 1. The number of benzene rings is 1. The van der Waals surface area contributed by atoms with Crippen molar-refractivity contribution in [2.24, 2.45) is 10.7 Å². The van der Waals surface area contributed by atoms with E-state index < -0.39 is 23.1 Å². The summed E-state index contributed by atoms with van der Waals surface area (Å²) in [7, 11) is 0. The summed E-state index contributed by atoms with van der Waals surface area (Å²) < 4.78 is 37.6. The van der Waals surface area contributed by atoms with Crippen LogP contribution in [0.5, 0.6) is 0 Å². The van der Waals surface area contributed by atoms with Crippen LogP contribution in [0.4, 0.5) is 19.0 Å². The number of pyridine rings is 1. The highest BCUT2D eigenvalue weighted by atomic mass is 19.4. The fraction of sp³-hybridized carbons (Fsp3) is 0.111. The van der Waals surface area contributed by atoms with E-state index in [0.29, 0.717) is 5.56 Å². The zero-order chi connectivity index (χ0) is 20.7. The Morgan fingerprint density at radius 2 is 2.00 bits per heavy atom. The number of aromatic nitrogens is 1. The van der Waals surface area contributed by atoms with E-state index in [1.165, 1.54) is 18.3 Å². The first-order chi connectivity index (χ1) is 13.2. The summed E-state index contributed by atoms with van der Waals surface area (Å²) in [4.78, 5) is 30.2. The molecule has 0 spiro atoms. The Kier molecular flexibility index (Phi) is 6.34. The third-order valence-electron chi connectivity index (χ3n) is 3.54. The fourth-order valence-corrected chi connectivity index (χ4v) is 2.04. The number of nitrogens with zero attached hydrogens (tertiary/aromatic N) is 2. The number of nitrogens with two attached hydrogens (primary N) is 1. The van der Waals surface area contributed by atoms with E-state index in [9.17, 15) is 22.8 Å². The van der Waals surface area contributed by atoms with Gasteiger partial charge in [-0.3, -0.25) is 9.59 Å². The quantitative estimate of drug-likeness (QED) is 0.535. The first kappa shape index (κ1) is 20.4. The van der Waals surface area contributed by atoms with Crippen molar-refractivity contribution in [1.82, 2.24) is 10.3 Å².